The van der Waals surface area contributed by atoms with Gasteiger partial charge in [-0.15, -0.1) is 0 Å². The Balaban J connectivity index is 1.25. The predicted octanol–water partition coefficient (Wildman–Crippen LogP) is 6.17. The Hall–Kier alpha value is -5.13. The summed E-state index contributed by atoms with van der Waals surface area (Å²) in [7, 11) is 3.76. The Morgan fingerprint density at radius 3 is 2.65 bits per heavy atom. The first-order chi connectivity index (χ1) is 22.5. The lowest BCUT2D eigenvalue weighted by Gasteiger charge is -2.27. The van der Waals surface area contributed by atoms with Crippen molar-refractivity contribution in [1.82, 2.24) is 14.9 Å². The molecule has 11 nitrogen and oxygen atoms in total. The second-order valence-electron chi connectivity index (χ2n) is 11.2. The van der Waals surface area contributed by atoms with E-state index >= 15 is 0 Å². The number of rotatable bonds is 10. The van der Waals surface area contributed by atoms with Crippen LogP contribution in [0.5, 0.6) is 17.2 Å². The lowest BCUT2D eigenvalue weighted by molar-refractivity contribution is -0.111. The number of nitrogens with one attached hydrogen (secondary N) is 2. The third-order valence-electron chi connectivity index (χ3n) is 8.09. The molecule has 1 amide bonds. The summed E-state index contributed by atoms with van der Waals surface area (Å²) < 4.78 is 11.9. The molecule has 46 heavy (non-hydrogen) atoms. The van der Waals surface area contributed by atoms with Crippen molar-refractivity contribution in [2.75, 3.05) is 67.5 Å². The summed E-state index contributed by atoms with van der Waals surface area (Å²) in [6.07, 6.45) is 4.57. The number of hydrogen-bond acceptors (Lipinski definition) is 10. The maximum atomic E-state index is 12.5. The van der Waals surface area contributed by atoms with E-state index < -0.39 is 0 Å². The number of carbonyl (C=O) groups excluding carboxylic acids is 1. The molecule has 1 unspecified atom stereocenters. The zero-order valence-electron chi connectivity index (χ0n) is 26.2. The molecular formula is C35H39N7O4. The normalized spacial score (nSPS) is 16.9. The minimum absolute atomic E-state index is 0.0655. The third-order valence-corrected chi connectivity index (χ3v) is 8.09. The fraction of sp³-hybridized carbons (Fsp3) is 0.286. The highest BCUT2D eigenvalue weighted by Gasteiger charge is 2.30. The van der Waals surface area contributed by atoms with E-state index in [1.54, 1.807) is 7.11 Å². The molecule has 1 aromatic heterocycles. The first-order valence-electron chi connectivity index (χ1n) is 15.4. The highest BCUT2D eigenvalue weighted by molar-refractivity contribution is 6.02. The molecule has 2 aliphatic rings. The molecular weight excluding hydrogens is 582 g/mol. The minimum atomic E-state index is -0.288. The number of methoxy groups -OCH3 is 1. The number of nitrogens with zero attached hydrogens (tertiary/aromatic N) is 5. The van der Waals surface area contributed by atoms with E-state index in [0.717, 1.165) is 61.8 Å². The fourth-order valence-corrected chi connectivity index (χ4v) is 5.75. The van der Waals surface area contributed by atoms with Crippen LogP contribution in [0.1, 0.15) is 24.4 Å². The summed E-state index contributed by atoms with van der Waals surface area (Å²) in [5, 5.41) is 8.19. The number of hydroxylamine groups is 1. The molecule has 2 aliphatic heterocycles. The van der Waals surface area contributed by atoms with Crippen LogP contribution in [0, 0.1) is 0 Å². The fourth-order valence-electron chi connectivity index (χ4n) is 5.75. The van der Waals surface area contributed by atoms with Crippen molar-refractivity contribution in [3.8, 4) is 17.2 Å². The molecule has 0 bridgehead atoms. The third kappa shape index (κ3) is 7.22. The molecule has 11 heteroatoms. The van der Waals surface area contributed by atoms with Gasteiger partial charge in [0.1, 0.15) is 29.4 Å². The Morgan fingerprint density at radius 2 is 1.83 bits per heavy atom. The minimum Gasteiger partial charge on any atom is -0.494 e. The van der Waals surface area contributed by atoms with Crippen molar-refractivity contribution < 1.29 is 19.1 Å². The van der Waals surface area contributed by atoms with Gasteiger partial charge in [-0.1, -0.05) is 36.9 Å². The molecule has 0 radical (unpaired) electrons. The highest BCUT2D eigenvalue weighted by Crippen LogP contribution is 2.40. The molecule has 0 aliphatic carbocycles. The lowest BCUT2D eigenvalue weighted by Crippen LogP contribution is -2.29. The van der Waals surface area contributed by atoms with Gasteiger partial charge in [0.25, 0.3) is 0 Å². The van der Waals surface area contributed by atoms with Gasteiger partial charge >= 0.3 is 0 Å². The van der Waals surface area contributed by atoms with Crippen LogP contribution >= 0.6 is 0 Å². The van der Waals surface area contributed by atoms with Crippen LogP contribution in [0.3, 0.4) is 0 Å². The van der Waals surface area contributed by atoms with E-state index in [0.29, 0.717) is 35.4 Å². The Kier molecular flexibility index (Phi) is 9.61. The molecule has 2 fully saturated rings. The number of likely N-dealkylation sites (N-methyl/N-ethyl adjacent to an activating group) is 1. The molecule has 6 rings (SSSR count). The van der Waals surface area contributed by atoms with Gasteiger partial charge < -0.3 is 29.9 Å². The molecule has 0 saturated carbocycles. The summed E-state index contributed by atoms with van der Waals surface area (Å²) in [5.41, 5.74) is 3.25. The summed E-state index contributed by atoms with van der Waals surface area (Å²) in [5.74, 6) is 3.02. The maximum absolute atomic E-state index is 12.5. The summed E-state index contributed by atoms with van der Waals surface area (Å²) in [6.45, 7) is 7.82. The number of benzene rings is 3. The van der Waals surface area contributed by atoms with Gasteiger partial charge in [-0.05, 0) is 62.0 Å². The molecule has 2 saturated heterocycles. The second-order valence-corrected chi connectivity index (χ2v) is 11.2. The molecule has 1 atom stereocenters. The van der Waals surface area contributed by atoms with Crippen LogP contribution in [0.4, 0.5) is 28.7 Å². The van der Waals surface area contributed by atoms with Gasteiger partial charge in [-0.3, -0.25) is 9.63 Å². The molecule has 3 aromatic carbocycles. The molecule has 4 aromatic rings. The first kappa shape index (κ1) is 30.9. The van der Waals surface area contributed by atoms with Gasteiger partial charge in [-0.2, -0.15) is 0 Å². The lowest BCUT2D eigenvalue weighted by atomic mass is 10.0. The second kappa shape index (κ2) is 14.3. The summed E-state index contributed by atoms with van der Waals surface area (Å²) in [6, 6.07) is 23.4. The van der Waals surface area contributed by atoms with E-state index in [4.69, 9.17) is 14.3 Å². The van der Waals surface area contributed by atoms with Gasteiger partial charge in [0, 0.05) is 38.2 Å². The van der Waals surface area contributed by atoms with E-state index in [-0.39, 0.29) is 11.9 Å². The zero-order chi connectivity index (χ0) is 31.9. The van der Waals surface area contributed by atoms with Crippen LogP contribution in [0.15, 0.2) is 91.8 Å². The summed E-state index contributed by atoms with van der Waals surface area (Å²) in [4.78, 5) is 32.1. The monoisotopic (exact) mass is 621 g/mol. The number of anilines is 5. The first-order valence-corrected chi connectivity index (χ1v) is 15.4. The SMILES string of the molecule is C=CC(=O)Nc1cc(Nc2cc(N3OCCC3c3cccc(Oc4ccccc4)c3)ncn2)c(OC)cc1N1CCCN(C)CC1. The molecule has 3 heterocycles. The van der Waals surface area contributed by atoms with E-state index in [9.17, 15) is 4.79 Å². The molecule has 0 spiro atoms. The predicted molar refractivity (Wildman–Crippen MR) is 180 cm³/mol. The molecule has 238 valence electrons. The van der Waals surface area contributed by atoms with Crippen LogP contribution in [-0.4, -0.2) is 67.7 Å². The topological polar surface area (TPSA) is 104 Å². The Labute approximate surface area is 269 Å². The van der Waals surface area contributed by atoms with Gasteiger partial charge in [0.2, 0.25) is 5.91 Å². The van der Waals surface area contributed by atoms with Crippen molar-refractivity contribution in [3.05, 3.63) is 97.3 Å². The van der Waals surface area contributed by atoms with Crippen molar-refractivity contribution in [3.63, 3.8) is 0 Å². The summed E-state index contributed by atoms with van der Waals surface area (Å²) >= 11 is 0. The van der Waals surface area contributed by atoms with E-state index in [1.807, 2.05) is 71.8 Å². The van der Waals surface area contributed by atoms with Gasteiger partial charge in [0.15, 0.2) is 5.82 Å². The largest absolute Gasteiger partial charge is 0.494 e. The van der Waals surface area contributed by atoms with E-state index in [1.165, 1.54) is 12.4 Å². The van der Waals surface area contributed by atoms with Crippen molar-refractivity contribution in [2.45, 2.75) is 18.9 Å². The quantitative estimate of drug-likeness (QED) is 0.200. The average Bonchev–Trinajstić information content (AvgIpc) is 3.48. The van der Waals surface area contributed by atoms with Crippen molar-refractivity contribution >= 4 is 34.6 Å². The van der Waals surface area contributed by atoms with Gasteiger partial charge in [-0.25, -0.2) is 15.0 Å². The smallest absolute Gasteiger partial charge is 0.247 e. The Morgan fingerprint density at radius 1 is 0.978 bits per heavy atom. The van der Waals surface area contributed by atoms with Crippen molar-refractivity contribution in [2.24, 2.45) is 0 Å². The number of amides is 1. The van der Waals surface area contributed by atoms with Crippen LogP contribution in [-0.2, 0) is 9.63 Å². The number of ether oxygens (including phenoxy) is 2. The standard InChI is InChI=1S/C35H39N7O4/c1-4-35(43)39-28-21-29(32(44-3)22-31(28)41-16-9-15-40(2)17-18-41)38-33-23-34(37-24-36-33)42-30(14-19-45-42)25-10-8-13-27(20-25)46-26-11-6-5-7-12-26/h4-8,10-13,20-24,30H,1,9,14-19H2,2-3H3,(H,39,43)(H,36,37,38). The number of hydrogen-bond donors (Lipinski definition) is 2. The number of para-hydroxylation sites is 1. The van der Waals surface area contributed by atoms with E-state index in [2.05, 4.69) is 50.1 Å². The zero-order valence-corrected chi connectivity index (χ0v) is 26.2. The highest BCUT2D eigenvalue weighted by atomic mass is 16.7. The average molecular weight is 622 g/mol. The van der Waals surface area contributed by atoms with Crippen molar-refractivity contribution in [1.29, 1.82) is 0 Å². The van der Waals surface area contributed by atoms with Gasteiger partial charge in [0.05, 0.1) is 36.8 Å². The van der Waals surface area contributed by atoms with Crippen LogP contribution in [0.2, 0.25) is 0 Å². The molecule has 2 N–H and O–H groups in total. The van der Waals surface area contributed by atoms with Crippen LogP contribution in [0.25, 0.3) is 0 Å². The van der Waals surface area contributed by atoms with Crippen LogP contribution < -0.4 is 30.1 Å². The number of carbonyl (C=O) groups is 1. The maximum Gasteiger partial charge on any atom is 0.247 e. The Bertz CT molecular complexity index is 1670. The number of aromatic nitrogens is 2.